The lowest BCUT2D eigenvalue weighted by atomic mass is 10.2. The molecule has 0 aliphatic heterocycles. The molecule has 2 N–H and O–H groups in total. The SMILES string of the molecule is CCCCCC(=O)NNC(=O)c1cccc(OCCCC)c1. The topological polar surface area (TPSA) is 67.4 Å². The lowest BCUT2D eigenvalue weighted by molar-refractivity contribution is -0.121. The van der Waals surface area contributed by atoms with Gasteiger partial charge in [-0.15, -0.1) is 0 Å². The first-order chi connectivity index (χ1) is 10.7. The Morgan fingerprint density at radius 3 is 2.55 bits per heavy atom. The molecule has 1 aromatic rings. The van der Waals surface area contributed by atoms with E-state index in [-0.39, 0.29) is 11.8 Å². The molecule has 5 nitrogen and oxygen atoms in total. The first-order valence-corrected chi connectivity index (χ1v) is 7.99. The van der Waals surface area contributed by atoms with Gasteiger partial charge < -0.3 is 4.74 Å². The van der Waals surface area contributed by atoms with Crippen molar-refractivity contribution < 1.29 is 14.3 Å². The van der Waals surface area contributed by atoms with Crippen LogP contribution in [0.15, 0.2) is 24.3 Å². The van der Waals surface area contributed by atoms with Gasteiger partial charge in [-0.05, 0) is 31.0 Å². The minimum Gasteiger partial charge on any atom is -0.494 e. The highest BCUT2D eigenvalue weighted by molar-refractivity contribution is 5.95. The summed E-state index contributed by atoms with van der Waals surface area (Å²) in [4.78, 5) is 23.5. The molecule has 0 heterocycles. The molecule has 122 valence electrons. The lowest BCUT2D eigenvalue weighted by Gasteiger charge is -2.09. The van der Waals surface area contributed by atoms with E-state index in [1.807, 2.05) is 6.07 Å². The molecule has 0 saturated heterocycles. The number of carbonyl (C=O) groups is 2. The number of benzene rings is 1. The van der Waals surface area contributed by atoms with Crippen molar-refractivity contribution in [2.75, 3.05) is 6.61 Å². The van der Waals surface area contributed by atoms with Crippen LogP contribution in [0.2, 0.25) is 0 Å². The predicted molar refractivity (Wildman–Crippen MR) is 86.6 cm³/mol. The Morgan fingerprint density at radius 2 is 1.82 bits per heavy atom. The van der Waals surface area contributed by atoms with Crippen molar-refractivity contribution in [2.45, 2.75) is 52.4 Å². The number of unbranched alkanes of at least 4 members (excludes halogenated alkanes) is 3. The number of hydrogen-bond acceptors (Lipinski definition) is 3. The molecule has 1 aromatic carbocycles. The third-order valence-corrected chi connectivity index (χ3v) is 3.19. The monoisotopic (exact) mass is 306 g/mol. The fourth-order valence-electron chi connectivity index (χ4n) is 1.86. The van der Waals surface area contributed by atoms with Crippen molar-refractivity contribution in [3.63, 3.8) is 0 Å². The average Bonchev–Trinajstić information content (AvgIpc) is 2.53. The molecular formula is C17H26N2O3. The Balaban J connectivity index is 2.41. The van der Waals surface area contributed by atoms with Crippen molar-refractivity contribution in [3.05, 3.63) is 29.8 Å². The fourth-order valence-corrected chi connectivity index (χ4v) is 1.86. The van der Waals surface area contributed by atoms with Crippen LogP contribution in [-0.4, -0.2) is 18.4 Å². The third-order valence-electron chi connectivity index (χ3n) is 3.19. The molecule has 2 amide bonds. The summed E-state index contributed by atoms with van der Waals surface area (Å²) in [6.45, 7) is 4.81. The van der Waals surface area contributed by atoms with Gasteiger partial charge in [-0.1, -0.05) is 39.2 Å². The van der Waals surface area contributed by atoms with Crippen molar-refractivity contribution in [3.8, 4) is 5.75 Å². The fraction of sp³-hybridized carbons (Fsp3) is 0.529. The highest BCUT2D eigenvalue weighted by atomic mass is 16.5. The first kappa shape index (κ1) is 18.0. The Kier molecular flexibility index (Phi) is 8.72. The van der Waals surface area contributed by atoms with Crippen molar-refractivity contribution in [1.29, 1.82) is 0 Å². The van der Waals surface area contributed by atoms with Gasteiger partial charge in [-0.3, -0.25) is 20.4 Å². The summed E-state index contributed by atoms with van der Waals surface area (Å²) in [6, 6.07) is 6.94. The van der Waals surface area contributed by atoms with Gasteiger partial charge in [0.15, 0.2) is 0 Å². The molecule has 0 bridgehead atoms. The van der Waals surface area contributed by atoms with E-state index in [9.17, 15) is 9.59 Å². The van der Waals surface area contributed by atoms with Crippen LogP contribution in [0.25, 0.3) is 0 Å². The van der Waals surface area contributed by atoms with E-state index in [0.717, 1.165) is 32.1 Å². The van der Waals surface area contributed by atoms with Crippen LogP contribution >= 0.6 is 0 Å². The summed E-state index contributed by atoms with van der Waals surface area (Å²) in [5.41, 5.74) is 5.32. The molecule has 0 atom stereocenters. The average molecular weight is 306 g/mol. The summed E-state index contributed by atoms with van der Waals surface area (Å²) in [7, 11) is 0. The maximum absolute atomic E-state index is 12.0. The number of carbonyl (C=O) groups excluding carboxylic acids is 2. The smallest absolute Gasteiger partial charge is 0.269 e. The van der Waals surface area contributed by atoms with Crippen molar-refractivity contribution in [2.24, 2.45) is 0 Å². The number of ether oxygens (including phenoxy) is 1. The number of nitrogens with one attached hydrogen (secondary N) is 2. The minimum atomic E-state index is -0.343. The molecule has 5 heteroatoms. The molecule has 0 fully saturated rings. The van der Waals surface area contributed by atoms with Gasteiger partial charge in [0, 0.05) is 12.0 Å². The van der Waals surface area contributed by atoms with Gasteiger partial charge in [0.2, 0.25) is 5.91 Å². The van der Waals surface area contributed by atoms with E-state index < -0.39 is 0 Å². The second-order valence-corrected chi connectivity index (χ2v) is 5.19. The van der Waals surface area contributed by atoms with Crippen LogP contribution in [0.5, 0.6) is 5.75 Å². The van der Waals surface area contributed by atoms with Gasteiger partial charge >= 0.3 is 0 Å². The maximum Gasteiger partial charge on any atom is 0.269 e. The lowest BCUT2D eigenvalue weighted by Crippen LogP contribution is -2.41. The zero-order chi connectivity index (χ0) is 16.2. The maximum atomic E-state index is 12.0. The summed E-state index contributed by atoms with van der Waals surface area (Å²) >= 11 is 0. The second-order valence-electron chi connectivity index (χ2n) is 5.19. The quantitative estimate of drug-likeness (QED) is 0.544. The van der Waals surface area contributed by atoms with E-state index in [2.05, 4.69) is 24.7 Å². The molecule has 0 radical (unpaired) electrons. The number of hydrazine groups is 1. The highest BCUT2D eigenvalue weighted by Crippen LogP contribution is 2.13. The van der Waals surface area contributed by atoms with Crippen molar-refractivity contribution in [1.82, 2.24) is 10.9 Å². The Labute approximate surface area is 132 Å². The Bertz CT molecular complexity index is 475. The van der Waals surface area contributed by atoms with Gasteiger partial charge in [0.05, 0.1) is 6.61 Å². The zero-order valence-electron chi connectivity index (χ0n) is 13.5. The molecule has 0 spiro atoms. The van der Waals surface area contributed by atoms with Gasteiger partial charge in [-0.2, -0.15) is 0 Å². The molecular weight excluding hydrogens is 280 g/mol. The zero-order valence-corrected chi connectivity index (χ0v) is 13.5. The van der Waals surface area contributed by atoms with Crippen LogP contribution < -0.4 is 15.6 Å². The van der Waals surface area contributed by atoms with Crippen LogP contribution in [-0.2, 0) is 4.79 Å². The van der Waals surface area contributed by atoms with Gasteiger partial charge in [0.1, 0.15) is 5.75 Å². The summed E-state index contributed by atoms with van der Waals surface area (Å²) in [6.07, 6.45) is 5.37. The molecule has 0 saturated carbocycles. The molecule has 0 aliphatic rings. The second kappa shape index (κ2) is 10.7. The van der Waals surface area contributed by atoms with Crippen LogP contribution in [0.3, 0.4) is 0 Å². The molecule has 22 heavy (non-hydrogen) atoms. The van der Waals surface area contributed by atoms with Crippen molar-refractivity contribution >= 4 is 11.8 Å². The Morgan fingerprint density at radius 1 is 1.05 bits per heavy atom. The van der Waals surface area contributed by atoms with E-state index >= 15 is 0 Å². The number of hydrogen-bond donors (Lipinski definition) is 2. The Hall–Kier alpha value is -2.04. The largest absolute Gasteiger partial charge is 0.494 e. The van der Waals surface area contributed by atoms with E-state index in [0.29, 0.717) is 24.3 Å². The van der Waals surface area contributed by atoms with Gasteiger partial charge in [-0.25, -0.2) is 0 Å². The van der Waals surface area contributed by atoms with Gasteiger partial charge in [0.25, 0.3) is 5.91 Å². The van der Waals surface area contributed by atoms with Crippen LogP contribution in [0.1, 0.15) is 62.7 Å². The minimum absolute atomic E-state index is 0.169. The first-order valence-electron chi connectivity index (χ1n) is 7.99. The standard InChI is InChI=1S/C17H26N2O3/c1-3-5-7-11-16(20)18-19-17(21)14-9-8-10-15(13-14)22-12-6-4-2/h8-10,13H,3-7,11-12H2,1-2H3,(H,18,20)(H,19,21). The predicted octanol–water partition coefficient (Wildman–Crippen LogP) is 3.21. The summed E-state index contributed by atoms with van der Waals surface area (Å²) in [5, 5.41) is 0. The molecule has 0 aliphatic carbocycles. The third kappa shape index (κ3) is 7.11. The molecule has 1 rings (SSSR count). The van der Waals surface area contributed by atoms with E-state index in [1.54, 1.807) is 18.2 Å². The molecule has 0 unspecified atom stereocenters. The van der Waals surface area contributed by atoms with E-state index in [4.69, 9.17) is 4.74 Å². The van der Waals surface area contributed by atoms with E-state index in [1.165, 1.54) is 0 Å². The normalized spacial score (nSPS) is 10.1. The highest BCUT2D eigenvalue weighted by Gasteiger charge is 2.08. The molecule has 0 aromatic heterocycles. The number of rotatable bonds is 9. The summed E-state index contributed by atoms with van der Waals surface area (Å²) < 4.78 is 5.56. The summed E-state index contributed by atoms with van der Waals surface area (Å²) in [5.74, 6) is 0.150. The van der Waals surface area contributed by atoms with Crippen LogP contribution in [0.4, 0.5) is 0 Å². The van der Waals surface area contributed by atoms with Crippen LogP contribution in [0, 0.1) is 0 Å². The number of amides is 2.